The van der Waals surface area contributed by atoms with Crippen LogP contribution in [0, 0.1) is 6.92 Å². The van der Waals surface area contributed by atoms with Gasteiger partial charge in [-0.15, -0.1) is 0 Å². The number of carbonyl (C=O) groups is 1. The third kappa shape index (κ3) is 5.48. The van der Waals surface area contributed by atoms with Gasteiger partial charge in [-0.05, 0) is 37.6 Å². The van der Waals surface area contributed by atoms with Gasteiger partial charge in [-0.25, -0.2) is 8.42 Å². The molecule has 8 nitrogen and oxygen atoms in total. The molecule has 0 atom stereocenters. The summed E-state index contributed by atoms with van der Waals surface area (Å²) in [7, 11) is -2.45. The molecule has 2 aromatic carbocycles. The molecule has 2 aromatic rings. The molecule has 1 N–H and O–H groups in total. The van der Waals surface area contributed by atoms with Crippen molar-refractivity contribution in [3.05, 3.63) is 48.0 Å². The van der Waals surface area contributed by atoms with Gasteiger partial charge in [0, 0.05) is 38.4 Å². The number of fused-ring (bicyclic) bond motifs is 1. The van der Waals surface area contributed by atoms with Gasteiger partial charge in [0.2, 0.25) is 15.9 Å². The molecular formula is C22H29N3O5S. The first-order valence-electron chi connectivity index (χ1n) is 10.3. The van der Waals surface area contributed by atoms with Crippen molar-refractivity contribution in [2.45, 2.75) is 18.7 Å². The predicted molar refractivity (Wildman–Crippen MR) is 119 cm³/mol. The van der Waals surface area contributed by atoms with Gasteiger partial charge in [-0.3, -0.25) is 4.79 Å². The summed E-state index contributed by atoms with van der Waals surface area (Å²) >= 11 is 0. The Morgan fingerprint density at radius 3 is 2.52 bits per heavy atom. The highest BCUT2D eigenvalue weighted by molar-refractivity contribution is 7.89. The zero-order valence-corrected chi connectivity index (χ0v) is 18.9. The van der Waals surface area contributed by atoms with E-state index >= 15 is 0 Å². The molecule has 1 heterocycles. The van der Waals surface area contributed by atoms with Gasteiger partial charge in [-0.1, -0.05) is 18.2 Å². The molecule has 1 aliphatic heterocycles. The summed E-state index contributed by atoms with van der Waals surface area (Å²) in [6, 6.07) is 12.5. The number of aryl methyl sites for hydroxylation is 1. The number of likely N-dealkylation sites (N-methyl/N-ethyl adjacent to an activating group) is 2. The lowest BCUT2D eigenvalue weighted by Gasteiger charge is -2.25. The number of rotatable bonds is 9. The largest absolute Gasteiger partial charge is 0.486 e. The summed E-state index contributed by atoms with van der Waals surface area (Å²) in [6.07, 6.45) is 0. The number of para-hydroxylation sites is 1. The molecule has 0 radical (unpaired) electrons. The van der Waals surface area contributed by atoms with E-state index in [0.29, 0.717) is 37.8 Å². The third-order valence-corrected chi connectivity index (χ3v) is 6.93. The lowest BCUT2D eigenvalue weighted by Crippen LogP contribution is -2.41. The molecular weight excluding hydrogens is 418 g/mol. The molecule has 0 bridgehead atoms. The van der Waals surface area contributed by atoms with Crippen molar-refractivity contribution in [2.75, 3.05) is 51.3 Å². The fourth-order valence-electron chi connectivity index (χ4n) is 3.40. The summed E-state index contributed by atoms with van der Waals surface area (Å²) in [5, 5.41) is 2.81. The van der Waals surface area contributed by atoms with Gasteiger partial charge in [-0.2, -0.15) is 4.31 Å². The van der Waals surface area contributed by atoms with Crippen LogP contribution in [0.15, 0.2) is 47.4 Å². The Morgan fingerprint density at radius 2 is 1.81 bits per heavy atom. The van der Waals surface area contributed by atoms with Gasteiger partial charge < -0.3 is 19.7 Å². The lowest BCUT2D eigenvalue weighted by molar-refractivity contribution is -0.121. The predicted octanol–water partition coefficient (Wildman–Crippen LogP) is 2.03. The fourth-order valence-corrected chi connectivity index (χ4v) is 4.55. The second-order valence-electron chi connectivity index (χ2n) is 7.28. The van der Waals surface area contributed by atoms with Gasteiger partial charge in [0.05, 0.1) is 11.4 Å². The van der Waals surface area contributed by atoms with Crippen molar-refractivity contribution < 1.29 is 22.7 Å². The molecule has 1 aliphatic rings. The molecule has 0 spiro atoms. The molecule has 1 amide bonds. The van der Waals surface area contributed by atoms with Gasteiger partial charge in [0.1, 0.15) is 13.2 Å². The second kappa shape index (κ2) is 10.0. The van der Waals surface area contributed by atoms with E-state index in [-0.39, 0.29) is 17.3 Å². The molecule has 3 rings (SSSR count). The van der Waals surface area contributed by atoms with Crippen LogP contribution >= 0.6 is 0 Å². The van der Waals surface area contributed by atoms with Crippen molar-refractivity contribution in [3.8, 4) is 11.5 Å². The molecule has 0 saturated heterocycles. The van der Waals surface area contributed by atoms with Crippen LogP contribution in [-0.2, 0) is 14.8 Å². The maximum atomic E-state index is 12.8. The van der Waals surface area contributed by atoms with Crippen molar-refractivity contribution in [1.82, 2.24) is 9.62 Å². The van der Waals surface area contributed by atoms with Crippen LogP contribution in [0.5, 0.6) is 11.5 Å². The monoisotopic (exact) mass is 447 g/mol. The lowest BCUT2D eigenvalue weighted by atomic mass is 10.2. The van der Waals surface area contributed by atoms with E-state index in [1.807, 2.05) is 31.2 Å². The topological polar surface area (TPSA) is 88.2 Å². The van der Waals surface area contributed by atoms with Crippen LogP contribution in [0.4, 0.5) is 5.69 Å². The Labute approximate surface area is 183 Å². The highest BCUT2D eigenvalue weighted by atomic mass is 32.2. The Morgan fingerprint density at radius 1 is 1.10 bits per heavy atom. The van der Waals surface area contributed by atoms with E-state index in [9.17, 15) is 13.2 Å². The van der Waals surface area contributed by atoms with Crippen LogP contribution in [0.2, 0.25) is 0 Å². The third-order valence-electron chi connectivity index (χ3n) is 5.13. The van der Waals surface area contributed by atoms with Crippen molar-refractivity contribution in [2.24, 2.45) is 0 Å². The SMILES string of the molecule is CCN(CCNC(=O)CN(C)S(=O)(=O)c1ccc2c(c1)OCCO2)c1ccccc1C. The minimum Gasteiger partial charge on any atom is -0.486 e. The standard InChI is InChI=1S/C22H29N3O5S/c1-4-25(19-8-6-5-7-17(19)2)12-11-23-22(26)16-24(3)31(27,28)18-9-10-20-21(15-18)30-14-13-29-20/h5-10,15H,4,11-14,16H2,1-3H3,(H,23,26). The quantitative estimate of drug-likeness (QED) is 0.633. The van der Waals surface area contributed by atoms with E-state index in [1.165, 1.54) is 24.7 Å². The maximum absolute atomic E-state index is 12.8. The first-order chi connectivity index (χ1) is 14.8. The van der Waals surface area contributed by atoms with E-state index in [2.05, 4.69) is 17.1 Å². The minimum absolute atomic E-state index is 0.0590. The number of nitrogens with zero attached hydrogens (tertiary/aromatic N) is 2. The summed E-state index contributed by atoms with van der Waals surface area (Å²) in [5.41, 5.74) is 2.29. The summed E-state index contributed by atoms with van der Waals surface area (Å²) in [6.45, 7) is 6.48. The molecule has 0 fully saturated rings. The van der Waals surface area contributed by atoms with Crippen LogP contribution in [0.25, 0.3) is 0 Å². The number of benzene rings is 2. The van der Waals surface area contributed by atoms with Gasteiger partial charge >= 0.3 is 0 Å². The van der Waals surface area contributed by atoms with Gasteiger partial charge in [0.15, 0.2) is 11.5 Å². The normalized spacial score (nSPS) is 13.2. The van der Waals surface area contributed by atoms with Crippen molar-refractivity contribution >= 4 is 21.6 Å². The molecule has 9 heteroatoms. The highest BCUT2D eigenvalue weighted by Gasteiger charge is 2.25. The zero-order valence-electron chi connectivity index (χ0n) is 18.1. The van der Waals surface area contributed by atoms with E-state index in [1.54, 1.807) is 6.07 Å². The van der Waals surface area contributed by atoms with Crippen LogP contribution in [0.3, 0.4) is 0 Å². The molecule has 0 saturated carbocycles. The number of anilines is 1. The van der Waals surface area contributed by atoms with Crippen LogP contribution < -0.4 is 19.7 Å². The molecule has 168 valence electrons. The smallest absolute Gasteiger partial charge is 0.243 e. The minimum atomic E-state index is -3.84. The molecule has 0 aromatic heterocycles. The van der Waals surface area contributed by atoms with E-state index in [0.717, 1.165) is 16.5 Å². The van der Waals surface area contributed by atoms with Gasteiger partial charge in [0.25, 0.3) is 0 Å². The maximum Gasteiger partial charge on any atom is 0.243 e. The molecule has 31 heavy (non-hydrogen) atoms. The first-order valence-corrected chi connectivity index (χ1v) is 11.7. The number of hydrogen-bond acceptors (Lipinski definition) is 6. The van der Waals surface area contributed by atoms with Crippen molar-refractivity contribution in [1.29, 1.82) is 0 Å². The Kier molecular flexibility index (Phi) is 7.40. The van der Waals surface area contributed by atoms with Crippen LogP contribution in [-0.4, -0.2) is 65.1 Å². The number of ether oxygens (including phenoxy) is 2. The summed E-state index contributed by atoms with van der Waals surface area (Å²) in [4.78, 5) is 14.6. The van der Waals surface area contributed by atoms with E-state index < -0.39 is 10.0 Å². The first kappa shape index (κ1) is 22.9. The molecule has 0 unspecified atom stereocenters. The highest BCUT2D eigenvalue weighted by Crippen LogP contribution is 2.32. The second-order valence-corrected chi connectivity index (χ2v) is 9.33. The number of amides is 1. The summed E-state index contributed by atoms with van der Waals surface area (Å²) in [5.74, 6) is 0.547. The number of carbonyl (C=O) groups excluding carboxylic acids is 1. The Hall–Kier alpha value is -2.78. The average molecular weight is 448 g/mol. The zero-order chi connectivity index (χ0) is 22.4. The summed E-state index contributed by atoms with van der Waals surface area (Å²) < 4.78 is 37.6. The fraction of sp³-hybridized carbons (Fsp3) is 0.409. The van der Waals surface area contributed by atoms with Crippen molar-refractivity contribution in [3.63, 3.8) is 0 Å². The Bertz CT molecular complexity index is 1030. The van der Waals surface area contributed by atoms with Crippen LogP contribution in [0.1, 0.15) is 12.5 Å². The molecule has 0 aliphatic carbocycles. The number of sulfonamides is 1. The Balaban J connectivity index is 1.55. The number of nitrogens with one attached hydrogen (secondary N) is 1. The average Bonchev–Trinajstić information content (AvgIpc) is 2.77. The number of hydrogen-bond donors (Lipinski definition) is 1. The van der Waals surface area contributed by atoms with E-state index in [4.69, 9.17) is 9.47 Å².